The molecule has 0 aromatic carbocycles. The van der Waals surface area contributed by atoms with Crippen LogP contribution in [0.15, 0.2) is 18.3 Å². The molecule has 88 valence electrons. The molecule has 1 fully saturated rings. The number of carbonyl (C=O) groups excluding carboxylic acids is 1. The number of likely N-dealkylation sites (tertiary alicyclic amines) is 1. The van der Waals surface area contributed by atoms with E-state index in [2.05, 4.69) is 11.1 Å². The number of amides is 1. The highest BCUT2D eigenvalue weighted by atomic mass is 16.2. The molecule has 0 N–H and O–H groups in total. The maximum absolute atomic E-state index is 11.8. The Kier molecular flexibility index (Phi) is 3.71. The van der Waals surface area contributed by atoms with Gasteiger partial charge < -0.3 is 4.90 Å². The van der Waals surface area contributed by atoms with Crippen LogP contribution in [-0.4, -0.2) is 22.3 Å². The molecule has 4 heteroatoms. The van der Waals surface area contributed by atoms with Crippen LogP contribution in [0.3, 0.4) is 0 Å². The molecule has 0 spiro atoms. The van der Waals surface area contributed by atoms with E-state index in [1.54, 1.807) is 12.3 Å². The molecule has 2 heterocycles. The number of hydrogen-bond donors (Lipinski definition) is 0. The standard InChI is InChI=1S/C13H15N3O/c14-9-12-11(5-4-7-15-12)10-16-8-3-1-2-6-13(16)17/h4-5,7H,1-3,6,8,10H2. The third-order valence-corrected chi connectivity index (χ3v) is 3.03. The molecule has 0 saturated carbocycles. The van der Waals surface area contributed by atoms with Crippen molar-refractivity contribution in [2.75, 3.05) is 6.54 Å². The Hall–Kier alpha value is -1.89. The van der Waals surface area contributed by atoms with Crippen molar-refractivity contribution in [3.8, 4) is 6.07 Å². The number of nitriles is 1. The predicted octanol–water partition coefficient (Wildman–Crippen LogP) is 1.86. The highest BCUT2D eigenvalue weighted by Gasteiger charge is 2.17. The van der Waals surface area contributed by atoms with Crippen molar-refractivity contribution < 1.29 is 4.79 Å². The van der Waals surface area contributed by atoms with Crippen molar-refractivity contribution in [2.24, 2.45) is 0 Å². The normalized spacial score (nSPS) is 16.4. The zero-order valence-electron chi connectivity index (χ0n) is 9.72. The minimum atomic E-state index is 0.190. The van der Waals surface area contributed by atoms with Gasteiger partial charge in [-0.2, -0.15) is 5.26 Å². The summed E-state index contributed by atoms with van der Waals surface area (Å²) in [4.78, 5) is 17.7. The molecule has 2 rings (SSSR count). The zero-order chi connectivity index (χ0) is 12.1. The van der Waals surface area contributed by atoms with Gasteiger partial charge in [-0.25, -0.2) is 4.98 Å². The molecule has 0 bridgehead atoms. The van der Waals surface area contributed by atoms with Crippen molar-refractivity contribution in [2.45, 2.75) is 32.2 Å². The highest BCUT2D eigenvalue weighted by Crippen LogP contribution is 2.15. The van der Waals surface area contributed by atoms with Crippen molar-refractivity contribution in [3.05, 3.63) is 29.6 Å². The van der Waals surface area contributed by atoms with Crippen LogP contribution in [0.5, 0.6) is 0 Å². The molecule has 1 amide bonds. The average molecular weight is 229 g/mol. The summed E-state index contributed by atoms with van der Waals surface area (Å²) in [6.45, 7) is 1.30. The molecule has 4 nitrogen and oxygen atoms in total. The van der Waals surface area contributed by atoms with Gasteiger partial charge in [0.1, 0.15) is 11.8 Å². The largest absolute Gasteiger partial charge is 0.338 e. The van der Waals surface area contributed by atoms with Gasteiger partial charge in [0.15, 0.2) is 0 Å². The summed E-state index contributed by atoms with van der Waals surface area (Å²) >= 11 is 0. The minimum Gasteiger partial charge on any atom is -0.338 e. The predicted molar refractivity (Wildman–Crippen MR) is 62.8 cm³/mol. The molecule has 0 radical (unpaired) electrons. The number of aromatic nitrogens is 1. The van der Waals surface area contributed by atoms with E-state index in [9.17, 15) is 4.79 Å². The number of carbonyl (C=O) groups is 1. The van der Waals surface area contributed by atoms with Crippen LogP contribution in [0.1, 0.15) is 36.9 Å². The van der Waals surface area contributed by atoms with Crippen LogP contribution in [0.2, 0.25) is 0 Å². The Morgan fingerprint density at radius 2 is 2.29 bits per heavy atom. The van der Waals surface area contributed by atoms with E-state index in [0.717, 1.165) is 31.4 Å². The van der Waals surface area contributed by atoms with Crippen molar-refractivity contribution in [1.82, 2.24) is 9.88 Å². The highest BCUT2D eigenvalue weighted by molar-refractivity contribution is 5.76. The molecule has 1 aliphatic rings. The number of pyridine rings is 1. The first-order valence-corrected chi connectivity index (χ1v) is 5.93. The summed E-state index contributed by atoms with van der Waals surface area (Å²) < 4.78 is 0. The van der Waals surface area contributed by atoms with Crippen molar-refractivity contribution in [3.63, 3.8) is 0 Å². The summed E-state index contributed by atoms with van der Waals surface area (Å²) in [5.74, 6) is 0.190. The lowest BCUT2D eigenvalue weighted by molar-refractivity contribution is -0.131. The van der Waals surface area contributed by atoms with E-state index in [4.69, 9.17) is 5.26 Å². The maximum atomic E-state index is 11.8. The summed E-state index contributed by atoms with van der Waals surface area (Å²) in [6, 6.07) is 5.74. The van der Waals surface area contributed by atoms with Crippen molar-refractivity contribution >= 4 is 5.91 Å². The van der Waals surface area contributed by atoms with Crippen LogP contribution in [0.4, 0.5) is 0 Å². The second-order valence-electron chi connectivity index (χ2n) is 4.25. The summed E-state index contributed by atoms with van der Waals surface area (Å²) in [5, 5.41) is 8.95. The first-order valence-electron chi connectivity index (χ1n) is 5.93. The summed E-state index contributed by atoms with van der Waals surface area (Å²) in [7, 11) is 0. The third kappa shape index (κ3) is 2.82. The van der Waals surface area contributed by atoms with Crippen LogP contribution in [0.25, 0.3) is 0 Å². The smallest absolute Gasteiger partial charge is 0.222 e. The maximum Gasteiger partial charge on any atom is 0.222 e. The van der Waals surface area contributed by atoms with Crippen LogP contribution >= 0.6 is 0 Å². The zero-order valence-corrected chi connectivity index (χ0v) is 9.72. The van der Waals surface area contributed by atoms with Gasteiger partial charge in [0, 0.05) is 31.3 Å². The van der Waals surface area contributed by atoms with Gasteiger partial charge >= 0.3 is 0 Å². The van der Waals surface area contributed by atoms with E-state index in [1.807, 2.05) is 11.0 Å². The quantitative estimate of drug-likeness (QED) is 0.777. The Balaban J connectivity index is 2.14. The Bertz CT molecular complexity index is 450. The van der Waals surface area contributed by atoms with Crippen molar-refractivity contribution in [1.29, 1.82) is 5.26 Å². The molecule has 1 aliphatic heterocycles. The van der Waals surface area contributed by atoms with Crippen LogP contribution < -0.4 is 0 Å². The number of nitrogens with zero attached hydrogens (tertiary/aromatic N) is 3. The van der Waals surface area contributed by atoms with E-state index in [1.165, 1.54) is 0 Å². The molecular weight excluding hydrogens is 214 g/mol. The van der Waals surface area contributed by atoms with Gasteiger partial charge in [0.2, 0.25) is 5.91 Å². The van der Waals surface area contributed by atoms with Gasteiger partial charge in [-0.15, -0.1) is 0 Å². The second kappa shape index (κ2) is 5.44. The first-order chi connectivity index (χ1) is 8.31. The molecule has 0 atom stereocenters. The van der Waals surface area contributed by atoms with E-state index >= 15 is 0 Å². The van der Waals surface area contributed by atoms with Gasteiger partial charge in [-0.3, -0.25) is 4.79 Å². The monoisotopic (exact) mass is 229 g/mol. The van der Waals surface area contributed by atoms with Gasteiger partial charge in [0.25, 0.3) is 0 Å². The fraction of sp³-hybridized carbons (Fsp3) is 0.462. The van der Waals surface area contributed by atoms with Gasteiger partial charge in [-0.05, 0) is 18.9 Å². The topological polar surface area (TPSA) is 57.0 Å². The average Bonchev–Trinajstić information content (AvgIpc) is 2.56. The fourth-order valence-electron chi connectivity index (χ4n) is 2.08. The Morgan fingerprint density at radius 1 is 1.41 bits per heavy atom. The molecule has 0 aliphatic carbocycles. The Labute approximate surface area is 101 Å². The van der Waals surface area contributed by atoms with Crippen LogP contribution in [0, 0.1) is 11.3 Å². The van der Waals surface area contributed by atoms with Gasteiger partial charge in [-0.1, -0.05) is 12.5 Å². The molecule has 1 aromatic rings. The minimum absolute atomic E-state index is 0.190. The molecule has 0 unspecified atom stereocenters. The first kappa shape index (κ1) is 11.6. The molecular formula is C13H15N3O. The summed E-state index contributed by atoms with van der Waals surface area (Å²) in [6.07, 6.45) is 5.37. The van der Waals surface area contributed by atoms with Crippen LogP contribution in [-0.2, 0) is 11.3 Å². The summed E-state index contributed by atoms with van der Waals surface area (Å²) in [5.41, 5.74) is 1.26. The lowest BCUT2D eigenvalue weighted by Crippen LogP contribution is -2.30. The molecule has 17 heavy (non-hydrogen) atoms. The lowest BCUT2D eigenvalue weighted by Gasteiger charge is -2.20. The number of rotatable bonds is 2. The lowest BCUT2D eigenvalue weighted by atomic mass is 10.2. The fourth-order valence-corrected chi connectivity index (χ4v) is 2.08. The van der Waals surface area contributed by atoms with E-state index in [-0.39, 0.29) is 5.91 Å². The Morgan fingerprint density at radius 3 is 3.12 bits per heavy atom. The SMILES string of the molecule is N#Cc1ncccc1CN1CCCCCC1=O. The van der Waals surface area contributed by atoms with Gasteiger partial charge in [0.05, 0.1) is 0 Å². The molecule has 1 aromatic heterocycles. The molecule has 1 saturated heterocycles. The number of hydrogen-bond acceptors (Lipinski definition) is 3. The second-order valence-corrected chi connectivity index (χ2v) is 4.25. The van der Waals surface area contributed by atoms with E-state index < -0.39 is 0 Å². The third-order valence-electron chi connectivity index (χ3n) is 3.03. The van der Waals surface area contributed by atoms with E-state index in [0.29, 0.717) is 18.7 Å².